The first-order chi connectivity index (χ1) is 10.3. The monoisotopic (exact) mass is 355 g/mol. The Morgan fingerprint density at radius 3 is 2.48 bits per heavy atom. The summed E-state index contributed by atoms with van der Waals surface area (Å²) in [5.41, 5.74) is 6.08. The number of carbonyl (C=O) groups is 2. The molecule has 3 aliphatic rings. The molecule has 1 aliphatic heterocycles. The molecule has 3 fully saturated rings. The molecule has 9 heteroatoms. The summed E-state index contributed by atoms with van der Waals surface area (Å²) in [6, 6.07) is -1.04. The molecule has 5 atom stereocenters. The average molecular weight is 356 g/mol. The topological polar surface area (TPSA) is 75.4 Å². The Bertz CT molecular complexity index is 486. The molecule has 5 unspecified atom stereocenters. The molecule has 0 spiro atoms. The van der Waals surface area contributed by atoms with Crippen molar-refractivity contribution in [3.63, 3.8) is 0 Å². The molecule has 3 rings (SSSR count). The summed E-state index contributed by atoms with van der Waals surface area (Å²) in [5, 5.41) is 2.62. The number of fused-ring (bicyclic) bond motifs is 2. The second-order valence-electron chi connectivity index (χ2n) is 6.66. The van der Waals surface area contributed by atoms with Gasteiger partial charge >= 0.3 is 6.18 Å². The molecule has 23 heavy (non-hydrogen) atoms. The molecule has 132 valence electrons. The first-order valence-electron chi connectivity index (χ1n) is 7.68. The van der Waals surface area contributed by atoms with Crippen molar-refractivity contribution in [3.05, 3.63) is 0 Å². The predicted octanol–water partition coefficient (Wildman–Crippen LogP) is 1.06. The van der Waals surface area contributed by atoms with E-state index in [2.05, 4.69) is 5.32 Å². The highest BCUT2D eigenvalue weighted by atomic mass is 35.5. The molecular weight excluding hydrogens is 335 g/mol. The number of hydrogen-bond acceptors (Lipinski definition) is 3. The van der Waals surface area contributed by atoms with Crippen LogP contribution in [0.3, 0.4) is 0 Å². The first kappa shape index (κ1) is 18.3. The van der Waals surface area contributed by atoms with Gasteiger partial charge in [-0.05, 0) is 37.5 Å². The fourth-order valence-corrected chi connectivity index (χ4v) is 4.24. The van der Waals surface area contributed by atoms with E-state index in [1.807, 2.05) is 0 Å². The Morgan fingerprint density at radius 1 is 1.26 bits per heavy atom. The van der Waals surface area contributed by atoms with Gasteiger partial charge in [-0.1, -0.05) is 0 Å². The Morgan fingerprint density at radius 2 is 1.91 bits per heavy atom. The number of halogens is 4. The van der Waals surface area contributed by atoms with Crippen molar-refractivity contribution in [2.75, 3.05) is 13.1 Å². The molecule has 1 saturated heterocycles. The van der Waals surface area contributed by atoms with E-state index >= 15 is 0 Å². The zero-order valence-corrected chi connectivity index (χ0v) is 13.3. The van der Waals surface area contributed by atoms with Gasteiger partial charge in [0.15, 0.2) is 0 Å². The highest BCUT2D eigenvalue weighted by molar-refractivity contribution is 5.90. The maximum atomic E-state index is 12.4. The van der Waals surface area contributed by atoms with Crippen LogP contribution in [0.4, 0.5) is 13.2 Å². The van der Waals surface area contributed by atoms with Crippen LogP contribution in [-0.2, 0) is 9.59 Å². The van der Waals surface area contributed by atoms with Crippen molar-refractivity contribution in [1.82, 2.24) is 10.2 Å². The molecule has 3 N–H and O–H groups in total. The van der Waals surface area contributed by atoms with Crippen molar-refractivity contribution in [2.24, 2.45) is 23.5 Å². The van der Waals surface area contributed by atoms with Gasteiger partial charge in [-0.2, -0.15) is 13.2 Å². The Kier molecular flexibility index (Phi) is 5.15. The number of alkyl halides is 3. The van der Waals surface area contributed by atoms with E-state index in [9.17, 15) is 22.8 Å². The van der Waals surface area contributed by atoms with E-state index in [-0.39, 0.29) is 49.2 Å². The van der Waals surface area contributed by atoms with Crippen LogP contribution in [0.15, 0.2) is 0 Å². The SMILES string of the molecule is Cl.NC1C2CCC(C2)C1C(=O)NC1CCN(CC(F)(F)F)C1=O. The summed E-state index contributed by atoms with van der Waals surface area (Å²) in [6.45, 7) is -1.24. The third kappa shape index (κ3) is 3.57. The van der Waals surface area contributed by atoms with E-state index < -0.39 is 24.7 Å². The van der Waals surface area contributed by atoms with Gasteiger partial charge in [-0.3, -0.25) is 9.59 Å². The largest absolute Gasteiger partial charge is 0.406 e. The van der Waals surface area contributed by atoms with Crippen molar-refractivity contribution in [2.45, 2.75) is 43.9 Å². The second-order valence-corrected chi connectivity index (χ2v) is 6.66. The molecular formula is C14H21ClF3N3O2. The van der Waals surface area contributed by atoms with Crippen molar-refractivity contribution in [3.8, 4) is 0 Å². The van der Waals surface area contributed by atoms with E-state index in [0.717, 1.165) is 24.2 Å². The van der Waals surface area contributed by atoms with Gasteiger partial charge in [0, 0.05) is 12.6 Å². The summed E-state index contributed by atoms with van der Waals surface area (Å²) in [5.74, 6) is -0.609. The van der Waals surface area contributed by atoms with Gasteiger partial charge in [0.25, 0.3) is 0 Å². The van der Waals surface area contributed by atoms with Crippen LogP contribution in [0.5, 0.6) is 0 Å². The lowest BCUT2D eigenvalue weighted by Gasteiger charge is -2.28. The molecule has 0 aromatic carbocycles. The van der Waals surface area contributed by atoms with E-state index in [0.29, 0.717) is 5.92 Å². The lowest BCUT2D eigenvalue weighted by atomic mass is 9.84. The summed E-state index contributed by atoms with van der Waals surface area (Å²) < 4.78 is 37.1. The minimum absolute atomic E-state index is 0. The minimum atomic E-state index is -4.42. The number of nitrogens with zero attached hydrogens (tertiary/aromatic N) is 1. The maximum absolute atomic E-state index is 12.4. The summed E-state index contributed by atoms with van der Waals surface area (Å²) in [4.78, 5) is 25.1. The lowest BCUT2D eigenvalue weighted by molar-refractivity contribution is -0.158. The number of likely N-dealkylation sites (tertiary alicyclic amines) is 1. The maximum Gasteiger partial charge on any atom is 0.406 e. The number of carbonyl (C=O) groups excluding carboxylic acids is 2. The van der Waals surface area contributed by atoms with Gasteiger partial charge in [-0.25, -0.2) is 0 Å². The van der Waals surface area contributed by atoms with Crippen molar-refractivity contribution in [1.29, 1.82) is 0 Å². The van der Waals surface area contributed by atoms with Gasteiger partial charge in [0.1, 0.15) is 12.6 Å². The summed E-state index contributed by atoms with van der Waals surface area (Å²) in [6.07, 6.45) is -1.25. The molecule has 2 aliphatic carbocycles. The minimum Gasteiger partial charge on any atom is -0.344 e. The van der Waals surface area contributed by atoms with Gasteiger partial charge in [-0.15, -0.1) is 12.4 Å². The van der Waals surface area contributed by atoms with Crippen LogP contribution in [0.2, 0.25) is 0 Å². The highest BCUT2D eigenvalue weighted by Crippen LogP contribution is 2.47. The normalized spacial score (nSPS) is 36.3. The van der Waals surface area contributed by atoms with Gasteiger partial charge in [0.05, 0.1) is 5.92 Å². The second kappa shape index (κ2) is 6.47. The average Bonchev–Trinajstić information content (AvgIpc) is 3.07. The molecule has 5 nitrogen and oxygen atoms in total. The van der Waals surface area contributed by atoms with Crippen LogP contribution < -0.4 is 11.1 Å². The molecule has 0 aromatic heterocycles. The highest BCUT2D eigenvalue weighted by Gasteiger charge is 2.50. The number of hydrogen-bond donors (Lipinski definition) is 2. The number of rotatable bonds is 3. The lowest BCUT2D eigenvalue weighted by Crippen LogP contribution is -2.50. The smallest absolute Gasteiger partial charge is 0.344 e. The predicted molar refractivity (Wildman–Crippen MR) is 78.7 cm³/mol. The van der Waals surface area contributed by atoms with Crippen LogP contribution in [0, 0.1) is 17.8 Å². The molecule has 0 radical (unpaired) electrons. The quantitative estimate of drug-likeness (QED) is 0.795. The van der Waals surface area contributed by atoms with Crippen LogP contribution in [0.25, 0.3) is 0 Å². The molecule has 2 bridgehead atoms. The molecule has 1 heterocycles. The first-order valence-corrected chi connectivity index (χ1v) is 7.68. The molecule has 2 amide bonds. The van der Waals surface area contributed by atoms with E-state index in [1.54, 1.807) is 0 Å². The van der Waals surface area contributed by atoms with Gasteiger partial charge in [0.2, 0.25) is 11.8 Å². The van der Waals surface area contributed by atoms with E-state index in [4.69, 9.17) is 5.73 Å². The Balaban J connectivity index is 0.00000192. The third-order valence-corrected chi connectivity index (χ3v) is 5.27. The third-order valence-electron chi connectivity index (χ3n) is 5.27. The Hall–Kier alpha value is -1.02. The standard InChI is InChI=1S/C14H20F3N3O2.ClH/c15-14(16,17)6-20-4-3-9(13(20)22)19-12(21)10-7-1-2-8(5-7)11(10)18;/h7-11H,1-6,18H2,(H,19,21);1H. The molecule has 2 saturated carbocycles. The Labute approximate surface area is 138 Å². The number of nitrogens with two attached hydrogens (primary N) is 1. The molecule has 0 aromatic rings. The van der Waals surface area contributed by atoms with Crippen LogP contribution in [0.1, 0.15) is 25.7 Å². The summed E-state index contributed by atoms with van der Waals surface area (Å²) in [7, 11) is 0. The van der Waals surface area contributed by atoms with Crippen molar-refractivity contribution < 1.29 is 22.8 Å². The van der Waals surface area contributed by atoms with Crippen molar-refractivity contribution >= 4 is 24.2 Å². The number of nitrogens with one attached hydrogen (secondary N) is 1. The van der Waals surface area contributed by atoms with Crippen LogP contribution in [-0.4, -0.2) is 48.1 Å². The fraction of sp³-hybridized carbons (Fsp3) is 0.857. The van der Waals surface area contributed by atoms with E-state index in [1.165, 1.54) is 0 Å². The summed E-state index contributed by atoms with van der Waals surface area (Å²) >= 11 is 0. The van der Waals surface area contributed by atoms with Gasteiger partial charge < -0.3 is 16.0 Å². The fourth-order valence-electron chi connectivity index (χ4n) is 4.24. The number of amides is 2. The zero-order chi connectivity index (χ0) is 16.1. The van der Waals surface area contributed by atoms with Crippen LogP contribution >= 0.6 is 12.4 Å². The zero-order valence-electron chi connectivity index (χ0n) is 12.5.